The molecule has 0 spiro atoms. The summed E-state index contributed by atoms with van der Waals surface area (Å²) in [5.41, 5.74) is 4.20. The molecule has 1 aliphatic rings. The highest BCUT2D eigenvalue weighted by Crippen LogP contribution is 2.44. The van der Waals surface area contributed by atoms with Crippen molar-refractivity contribution in [3.63, 3.8) is 0 Å². The third-order valence-electron chi connectivity index (χ3n) is 4.09. The van der Waals surface area contributed by atoms with Crippen LogP contribution in [-0.2, 0) is 11.2 Å². The van der Waals surface area contributed by atoms with E-state index >= 15 is 0 Å². The van der Waals surface area contributed by atoms with Crippen LogP contribution in [0.15, 0.2) is 0 Å². The molecule has 1 unspecified atom stereocenters. The summed E-state index contributed by atoms with van der Waals surface area (Å²) >= 11 is 2.38. The summed E-state index contributed by atoms with van der Waals surface area (Å²) < 4.78 is 12.6. The fourth-order valence-electron chi connectivity index (χ4n) is 2.67. The van der Waals surface area contributed by atoms with Crippen molar-refractivity contribution in [3.8, 4) is 11.5 Å². The monoisotopic (exact) mass is 388 g/mol. The zero-order chi connectivity index (χ0) is 15.1. The van der Waals surface area contributed by atoms with E-state index in [4.69, 9.17) is 9.47 Å². The summed E-state index contributed by atoms with van der Waals surface area (Å²) in [6.07, 6.45) is 1.96. The molecule has 1 aliphatic heterocycles. The van der Waals surface area contributed by atoms with Crippen molar-refractivity contribution in [1.82, 2.24) is 0 Å². The van der Waals surface area contributed by atoms with Crippen LogP contribution in [0.3, 0.4) is 0 Å². The lowest BCUT2D eigenvalue weighted by molar-refractivity contribution is -0.132. The first-order chi connectivity index (χ1) is 9.29. The third-order valence-corrected chi connectivity index (χ3v) is 5.71. The van der Waals surface area contributed by atoms with Gasteiger partial charge in [0.25, 0.3) is 0 Å². The standard InChI is InChI=1S/C16H21IO3/c1-9-10(2)15-13(6-7-16(5,8-17)20-15)11(3)14(9)19-12(4)18/h6-8H2,1-5H3. The normalized spacial score (nSPS) is 21.1. The van der Waals surface area contributed by atoms with Crippen molar-refractivity contribution in [2.24, 2.45) is 0 Å². The Bertz CT molecular complexity index is 566. The second-order valence-electron chi connectivity index (χ2n) is 5.79. The molecule has 1 heterocycles. The minimum absolute atomic E-state index is 0.0971. The first-order valence-corrected chi connectivity index (χ1v) is 8.37. The number of alkyl halides is 1. The van der Waals surface area contributed by atoms with Gasteiger partial charge in [-0.2, -0.15) is 0 Å². The number of rotatable bonds is 2. The Morgan fingerprint density at radius 3 is 2.50 bits per heavy atom. The van der Waals surface area contributed by atoms with E-state index in [9.17, 15) is 4.79 Å². The molecule has 2 rings (SSSR count). The molecule has 0 N–H and O–H groups in total. The fraction of sp³-hybridized carbons (Fsp3) is 0.562. The van der Waals surface area contributed by atoms with Gasteiger partial charge in [0.1, 0.15) is 17.1 Å². The van der Waals surface area contributed by atoms with Gasteiger partial charge in [0.05, 0.1) is 0 Å². The van der Waals surface area contributed by atoms with E-state index < -0.39 is 0 Å². The summed E-state index contributed by atoms with van der Waals surface area (Å²) in [7, 11) is 0. The molecule has 20 heavy (non-hydrogen) atoms. The lowest BCUT2D eigenvalue weighted by Crippen LogP contribution is -2.38. The number of benzene rings is 1. The van der Waals surface area contributed by atoms with E-state index in [2.05, 4.69) is 29.5 Å². The number of hydrogen-bond donors (Lipinski definition) is 0. The number of hydrogen-bond acceptors (Lipinski definition) is 3. The van der Waals surface area contributed by atoms with Gasteiger partial charge in [0, 0.05) is 16.9 Å². The number of carbonyl (C=O) groups is 1. The Morgan fingerprint density at radius 2 is 1.95 bits per heavy atom. The number of ether oxygens (including phenoxy) is 2. The van der Waals surface area contributed by atoms with E-state index in [1.807, 2.05) is 20.8 Å². The molecular weight excluding hydrogens is 367 g/mol. The third kappa shape index (κ3) is 2.67. The van der Waals surface area contributed by atoms with E-state index in [0.29, 0.717) is 5.75 Å². The van der Waals surface area contributed by atoms with Crippen LogP contribution in [0.25, 0.3) is 0 Å². The molecule has 0 saturated heterocycles. The average Bonchev–Trinajstić information content (AvgIpc) is 2.41. The molecule has 1 atom stereocenters. The van der Waals surface area contributed by atoms with Crippen LogP contribution in [-0.4, -0.2) is 16.0 Å². The number of halogens is 1. The Balaban J connectivity index is 2.57. The van der Waals surface area contributed by atoms with Crippen molar-refractivity contribution >= 4 is 28.6 Å². The molecule has 1 aromatic rings. The van der Waals surface area contributed by atoms with Gasteiger partial charge in [-0.15, -0.1) is 0 Å². The number of fused-ring (bicyclic) bond motifs is 1. The maximum atomic E-state index is 11.3. The van der Waals surface area contributed by atoms with Crippen molar-refractivity contribution in [1.29, 1.82) is 0 Å². The Morgan fingerprint density at radius 1 is 1.30 bits per heavy atom. The molecule has 0 saturated carbocycles. The summed E-state index contributed by atoms with van der Waals surface area (Å²) in [6, 6.07) is 0. The fourth-order valence-corrected chi connectivity index (χ4v) is 3.21. The van der Waals surface area contributed by atoms with Gasteiger partial charge in [-0.25, -0.2) is 0 Å². The summed E-state index contributed by atoms with van der Waals surface area (Å²) in [5.74, 6) is 1.42. The van der Waals surface area contributed by atoms with E-state index in [1.54, 1.807) is 0 Å². The molecule has 0 radical (unpaired) electrons. The lowest BCUT2D eigenvalue weighted by atomic mass is 9.88. The minimum Gasteiger partial charge on any atom is -0.486 e. The predicted molar refractivity (Wildman–Crippen MR) is 88.2 cm³/mol. The van der Waals surface area contributed by atoms with E-state index in [0.717, 1.165) is 39.7 Å². The van der Waals surface area contributed by atoms with Crippen LogP contribution < -0.4 is 9.47 Å². The van der Waals surface area contributed by atoms with E-state index in [-0.39, 0.29) is 11.6 Å². The second-order valence-corrected chi connectivity index (χ2v) is 6.55. The molecule has 0 aromatic heterocycles. The van der Waals surface area contributed by atoms with Gasteiger partial charge in [-0.05, 0) is 57.2 Å². The molecule has 0 amide bonds. The molecular formula is C16H21IO3. The summed E-state index contributed by atoms with van der Waals surface area (Å²) in [4.78, 5) is 11.3. The van der Waals surface area contributed by atoms with Crippen LogP contribution in [0.2, 0.25) is 0 Å². The molecule has 0 aliphatic carbocycles. The highest BCUT2D eigenvalue weighted by molar-refractivity contribution is 14.1. The maximum Gasteiger partial charge on any atom is 0.308 e. The molecule has 110 valence electrons. The van der Waals surface area contributed by atoms with Gasteiger partial charge in [-0.3, -0.25) is 4.79 Å². The van der Waals surface area contributed by atoms with Crippen molar-refractivity contribution in [2.45, 2.75) is 53.1 Å². The van der Waals surface area contributed by atoms with Gasteiger partial charge in [-0.1, -0.05) is 22.6 Å². The summed E-state index contributed by atoms with van der Waals surface area (Å²) in [6.45, 7) is 9.64. The molecule has 1 aromatic carbocycles. The highest BCUT2D eigenvalue weighted by atomic mass is 127. The van der Waals surface area contributed by atoms with Gasteiger partial charge < -0.3 is 9.47 Å². The van der Waals surface area contributed by atoms with Crippen LogP contribution in [0, 0.1) is 20.8 Å². The van der Waals surface area contributed by atoms with Gasteiger partial charge in [0.2, 0.25) is 0 Å². The Hall–Kier alpha value is -0.780. The minimum atomic E-state index is -0.274. The molecule has 0 bridgehead atoms. The Labute approximate surface area is 134 Å². The summed E-state index contributed by atoms with van der Waals surface area (Å²) in [5, 5.41) is 0. The first-order valence-electron chi connectivity index (χ1n) is 6.85. The average molecular weight is 388 g/mol. The zero-order valence-corrected chi connectivity index (χ0v) is 14.9. The van der Waals surface area contributed by atoms with Crippen LogP contribution in [0.4, 0.5) is 0 Å². The van der Waals surface area contributed by atoms with Gasteiger partial charge >= 0.3 is 5.97 Å². The highest BCUT2D eigenvalue weighted by Gasteiger charge is 2.34. The molecule has 3 nitrogen and oxygen atoms in total. The van der Waals surface area contributed by atoms with Crippen molar-refractivity contribution < 1.29 is 14.3 Å². The SMILES string of the molecule is CC(=O)Oc1c(C)c(C)c2c(c1C)CCC(C)(CI)O2. The zero-order valence-electron chi connectivity index (χ0n) is 12.7. The van der Waals surface area contributed by atoms with Crippen molar-refractivity contribution in [2.75, 3.05) is 4.43 Å². The number of esters is 1. The topological polar surface area (TPSA) is 35.5 Å². The predicted octanol–water partition coefficient (Wildman–Crippen LogP) is 4.06. The lowest BCUT2D eigenvalue weighted by Gasteiger charge is -2.37. The van der Waals surface area contributed by atoms with Crippen LogP contribution in [0.1, 0.15) is 42.5 Å². The second kappa shape index (κ2) is 5.54. The first kappa shape index (κ1) is 15.6. The Kier molecular flexibility index (Phi) is 4.33. The maximum absolute atomic E-state index is 11.3. The quantitative estimate of drug-likeness (QED) is 0.332. The van der Waals surface area contributed by atoms with Gasteiger partial charge in [0.15, 0.2) is 0 Å². The molecule has 0 fully saturated rings. The molecule has 4 heteroatoms. The largest absolute Gasteiger partial charge is 0.486 e. The number of carbonyl (C=O) groups excluding carboxylic acids is 1. The van der Waals surface area contributed by atoms with Crippen LogP contribution in [0.5, 0.6) is 11.5 Å². The van der Waals surface area contributed by atoms with Crippen molar-refractivity contribution in [3.05, 3.63) is 22.3 Å². The van der Waals surface area contributed by atoms with Crippen LogP contribution >= 0.6 is 22.6 Å². The smallest absolute Gasteiger partial charge is 0.308 e. The van der Waals surface area contributed by atoms with E-state index in [1.165, 1.54) is 12.5 Å².